The van der Waals surface area contributed by atoms with Crippen LogP contribution in [0.1, 0.15) is 14.5 Å². The molecule has 1 aromatic heterocycles. The van der Waals surface area contributed by atoms with E-state index in [0.717, 1.165) is 4.88 Å². The van der Waals surface area contributed by atoms with Crippen molar-refractivity contribution in [2.75, 3.05) is 11.9 Å². The van der Waals surface area contributed by atoms with E-state index < -0.39 is 11.7 Å². The molecule has 6 heteroatoms. The van der Waals surface area contributed by atoms with E-state index in [0.29, 0.717) is 9.90 Å². The van der Waals surface area contributed by atoms with Crippen LogP contribution in [0.5, 0.6) is 0 Å². The molecule has 1 heterocycles. The summed E-state index contributed by atoms with van der Waals surface area (Å²) in [6.45, 7) is 0.257. The van der Waals surface area contributed by atoms with Crippen LogP contribution in [0.25, 0.3) is 0 Å². The van der Waals surface area contributed by atoms with Crippen LogP contribution in [0.4, 0.5) is 10.1 Å². The molecule has 0 aliphatic heterocycles. The minimum atomic E-state index is -0.539. The second-order valence-corrected chi connectivity index (χ2v) is 5.27. The molecule has 0 saturated carbocycles. The first kappa shape index (κ1) is 14.5. The molecule has 0 radical (unpaired) electrons. The van der Waals surface area contributed by atoms with Crippen LogP contribution < -0.4 is 11.1 Å². The van der Waals surface area contributed by atoms with Gasteiger partial charge in [-0.1, -0.05) is 23.4 Å². The Hall–Kier alpha value is -1.87. The van der Waals surface area contributed by atoms with E-state index in [4.69, 9.17) is 17.3 Å². The van der Waals surface area contributed by atoms with Gasteiger partial charge in [0.2, 0.25) is 0 Å². The van der Waals surface area contributed by atoms with Crippen LogP contribution in [0, 0.1) is 17.7 Å². The zero-order valence-corrected chi connectivity index (χ0v) is 11.8. The van der Waals surface area contributed by atoms with Gasteiger partial charge in [-0.15, -0.1) is 11.3 Å². The summed E-state index contributed by atoms with van der Waals surface area (Å²) < 4.78 is 13.5. The summed E-state index contributed by atoms with van der Waals surface area (Å²) in [5, 5.41) is 2.83. The summed E-state index contributed by atoms with van der Waals surface area (Å²) in [6, 6.07) is 7.32. The first-order valence-electron chi connectivity index (χ1n) is 5.65. The summed E-state index contributed by atoms with van der Waals surface area (Å²) in [5.41, 5.74) is 5.32. The second kappa shape index (κ2) is 6.53. The van der Waals surface area contributed by atoms with Gasteiger partial charge in [-0.2, -0.15) is 0 Å². The Morgan fingerprint density at radius 2 is 2.20 bits per heavy atom. The van der Waals surface area contributed by atoms with E-state index in [1.807, 2.05) is 0 Å². The monoisotopic (exact) mass is 308 g/mol. The highest BCUT2D eigenvalue weighted by Gasteiger charge is 2.11. The summed E-state index contributed by atoms with van der Waals surface area (Å²) >= 11 is 6.98. The van der Waals surface area contributed by atoms with Gasteiger partial charge < -0.3 is 11.1 Å². The summed E-state index contributed by atoms with van der Waals surface area (Å²) in [5.74, 6) is 4.59. The molecular formula is C14H10ClFN2OS. The van der Waals surface area contributed by atoms with E-state index in [1.54, 1.807) is 12.1 Å². The molecule has 1 aromatic carbocycles. The zero-order valence-electron chi connectivity index (χ0n) is 10.2. The third kappa shape index (κ3) is 3.58. The van der Waals surface area contributed by atoms with Crippen molar-refractivity contribution in [2.45, 2.75) is 0 Å². The maximum atomic E-state index is 13.5. The molecule has 0 bridgehead atoms. The second-order valence-electron chi connectivity index (χ2n) is 3.75. The zero-order chi connectivity index (χ0) is 14.5. The molecule has 2 aromatic rings. The SMILES string of the molecule is NCC#Cc1ccc(C(=O)Nc2cc(Cl)ccc2F)s1. The number of nitrogens with two attached hydrogens (primary N) is 1. The van der Waals surface area contributed by atoms with E-state index in [2.05, 4.69) is 17.2 Å². The molecule has 20 heavy (non-hydrogen) atoms. The van der Waals surface area contributed by atoms with Gasteiger partial charge in [-0.3, -0.25) is 4.79 Å². The number of amides is 1. The molecule has 0 spiro atoms. The number of carbonyl (C=O) groups is 1. The van der Waals surface area contributed by atoms with Crippen molar-refractivity contribution in [2.24, 2.45) is 5.73 Å². The van der Waals surface area contributed by atoms with Crippen LogP contribution in [-0.4, -0.2) is 12.5 Å². The molecule has 0 unspecified atom stereocenters. The predicted molar refractivity (Wildman–Crippen MR) is 79.6 cm³/mol. The molecule has 102 valence electrons. The van der Waals surface area contributed by atoms with Crippen molar-refractivity contribution in [1.29, 1.82) is 0 Å². The van der Waals surface area contributed by atoms with Gasteiger partial charge in [-0.05, 0) is 30.3 Å². The predicted octanol–water partition coefficient (Wildman–Crippen LogP) is 3.10. The molecule has 0 atom stereocenters. The van der Waals surface area contributed by atoms with Crippen molar-refractivity contribution in [3.63, 3.8) is 0 Å². The highest BCUT2D eigenvalue weighted by Crippen LogP contribution is 2.22. The minimum Gasteiger partial charge on any atom is -0.320 e. The Morgan fingerprint density at radius 1 is 1.40 bits per heavy atom. The van der Waals surface area contributed by atoms with Gasteiger partial charge in [0.15, 0.2) is 0 Å². The number of carbonyl (C=O) groups excluding carboxylic acids is 1. The van der Waals surface area contributed by atoms with Crippen molar-refractivity contribution >= 4 is 34.5 Å². The van der Waals surface area contributed by atoms with E-state index >= 15 is 0 Å². The number of rotatable bonds is 2. The average molecular weight is 309 g/mol. The number of thiophene rings is 1. The van der Waals surface area contributed by atoms with Crippen LogP contribution >= 0.6 is 22.9 Å². The number of nitrogens with one attached hydrogen (secondary N) is 1. The largest absolute Gasteiger partial charge is 0.320 e. The Labute approximate surface area is 124 Å². The molecule has 1 amide bonds. The van der Waals surface area contributed by atoms with Crippen LogP contribution in [0.3, 0.4) is 0 Å². The van der Waals surface area contributed by atoms with Gasteiger partial charge in [-0.25, -0.2) is 4.39 Å². The van der Waals surface area contributed by atoms with E-state index in [9.17, 15) is 9.18 Å². The third-order valence-corrected chi connectivity index (χ3v) is 3.55. The normalized spacial score (nSPS) is 9.75. The average Bonchev–Trinajstić information content (AvgIpc) is 2.89. The van der Waals surface area contributed by atoms with Gasteiger partial charge >= 0.3 is 0 Å². The van der Waals surface area contributed by atoms with Crippen molar-refractivity contribution in [3.8, 4) is 11.8 Å². The molecule has 0 aliphatic rings. The number of halogens is 2. The third-order valence-electron chi connectivity index (χ3n) is 2.32. The smallest absolute Gasteiger partial charge is 0.265 e. The Bertz CT molecular complexity index is 703. The lowest BCUT2D eigenvalue weighted by atomic mass is 10.3. The van der Waals surface area contributed by atoms with Gasteiger partial charge in [0, 0.05) is 5.02 Å². The molecule has 0 saturated heterocycles. The fraction of sp³-hybridized carbons (Fsp3) is 0.0714. The van der Waals surface area contributed by atoms with Gasteiger partial charge in [0.1, 0.15) is 5.82 Å². The molecule has 0 fully saturated rings. The Balaban J connectivity index is 2.15. The number of anilines is 1. The lowest BCUT2D eigenvalue weighted by Crippen LogP contribution is -2.11. The highest BCUT2D eigenvalue weighted by atomic mass is 35.5. The van der Waals surface area contributed by atoms with Crippen LogP contribution in [0.15, 0.2) is 30.3 Å². The maximum absolute atomic E-state index is 13.5. The number of hydrogen-bond donors (Lipinski definition) is 2. The molecule has 3 N–H and O–H groups in total. The number of hydrogen-bond acceptors (Lipinski definition) is 3. The van der Waals surface area contributed by atoms with Crippen LogP contribution in [-0.2, 0) is 0 Å². The Morgan fingerprint density at radius 3 is 2.95 bits per heavy atom. The van der Waals surface area contributed by atoms with Crippen LogP contribution in [0.2, 0.25) is 5.02 Å². The lowest BCUT2D eigenvalue weighted by Gasteiger charge is -2.05. The summed E-state index contributed by atoms with van der Waals surface area (Å²) in [6.07, 6.45) is 0. The fourth-order valence-corrected chi connectivity index (χ4v) is 2.39. The lowest BCUT2D eigenvalue weighted by molar-refractivity contribution is 0.103. The first-order chi connectivity index (χ1) is 9.60. The van der Waals surface area contributed by atoms with Gasteiger partial charge in [0.05, 0.1) is 22.0 Å². The molecular weight excluding hydrogens is 299 g/mol. The van der Waals surface area contributed by atoms with Gasteiger partial charge in [0.25, 0.3) is 5.91 Å². The first-order valence-corrected chi connectivity index (χ1v) is 6.85. The van der Waals surface area contributed by atoms with E-state index in [-0.39, 0.29) is 12.2 Å². The molecule has 2 rings (SSSR count). The number of benzene rings is 1. The van der Waals surface area contributed by atoms with Crippen molar-refractivity contribution < 1.29 is 9.18 Å². The molecule has 0 aliphatic carbocycles. The highest BCUT2D eigenvalue weighted by molar-refractivity contribution is 7.14. The topological polar surface area (TPSA) is 55.1 Å². The minimum absolute atomic E-state index is 0.0468. The molecule has 3 nitrogen and oxygen atoms in total. The van der Waals surface area contributed by atoms with Crippen molar-refractivity contribution in [1.82, 2.24) is 0 Å². The maximum Gasteiger partial charge on any atom is 0.265 e. The van der Waals surface area contributed by atoms with Crippen molar-refractivity contribution in [3.05, 3.63) is 50.9 Å². The standard InChI is InChI=1S/C14H10ClFN2OS/c15-9-3-5-11(16)12(8-9)18-14(19)13-6-4-10(20-13)2-1-7-17/h3-6,8H,7,17H2,(H,18,19). The fourth-order valence-electron chi connectivity index (χ4n) is 1.44. The Kier molecular flexibility index (Phi) is 4.74. The van der Waals surface area contributed by atoms with E-state index in [1.165, 1.54) is 29.5 Å². The summed E-state index contributed by atoms with van der Waals surface area (Å²) in [4.78, 5) is 13.1. The summed E-state index contributed by atoms with van der Waals surface area (Å²) in [7, 11) is 0. The quantitative estimate of drug-likeness (QED) is 0.838.